The molecule has 1 aromatic carbocycles. The second-order valence-electron chi connectivity index (χ2n) is 3.72. The predicted molar refractivity (Wildman–Crippen MR) is 54.9 cm³/mol. The van der Waals surface area contributed by atoms with Gasteiger partial charge >= 0.3 is 6.18 Å². The van der Waals surface area contributed by atoms with Gasteiger partial charge in [-0.15, -0.1) is 0 Å². The average Bonchev–Trinajstić information content (AvgIpc) is 2.23. The first-order valence-electron chi connectivity index (χ1n) is 5.20. The lowest BCUT2D eigenvalue weighted by Crippen LogP contribution is -2.27. The summed E-state index contributed by atoms with van der Waals surface area (Å²) in [4.78, 5) is 0. The molecule has 1 atom stereocenters. The van der Waals surface area contributed by atoms with E-state index in [1.165, 1.54) is 0 Å². The van der Waals surface area contributed by atoms with Crippen LogP contribution in [0.15, 0.2) is 18.2 Å². The maximum absolute atomic E-state index is 13.2. The molecule has 1 unspecified atom stereocenters. The standard InChI is InChI=1S/C11H12F5NO/c12-7-2-1-3-8(13)10(7)9(18)6-17-5-4-11(14,15)16/h1-3,9,17-18H,4-6H2. The van der Waals surface area contributed by atoms with Crippen LogP contribution in [0.4, 0.5) is 22.0 Å². The van der Waals surface area contributed by atoms with E-state index in [9.17, 15) is 27.1 Å². The lowest BCUT2D eigenvalue weighted by atomic mass is 10.1. The molecule has 0 aromatic heterocycles. The van der Waals surface area contributed by atoms with E-state index in [4.69, 9.17) is 0 Å². The van der Waals surface area contributed by atoms with Crippen LogP contribution in [0.5, 0.6) is 0 Å². The highest BCUT2D eigenvalue weighted by atomic mass is 19.4. The summed E-state index contributed by atoms with van der Waals surface area (Å²) in [6, 6.07) is 3.08. The van der Waals surface area contributed by atoms with Crippen molar-refractivity contribution in [1.29, 1.82) is 0 Å². The second kappa shape index (κ2) is 6.10. The highest BCUT2D eigenvalue weighted by molar-refractivity contribution is 5.22. The van der Waals surface area contributed by atoms with Gasteiger partial charge in [-0.3, -0.25) is 0 Å². The first-order chi connectivity index (χ1) is 8.31. The molecule has 102 valence electrons. The number of benzene rings is 1. The van der Waals surface area contributed by atoms with Gasteiger partial charge < -0.3 is 10.4 Å². The van der Waals surface area contributed by atoms with Crippen molar-refractivity contribution >= 4 is 0 Å². The van der Waals surface area contributed by atoms with Gasteiger partial charge in [0.05, 0.1) is 18.1 Å². The molecule has 0 aliphatic rings. The van der Waals surface area contributed by atoms with Gasteiger partial charge in [-0.2, -0.15) is 13.2 Å². The van der Waals surface area contributed by atoms with Crippen LogP contribution in [-0.4, -0.2) is 24.4 Å². The molecule has 0 aliphatic carbocycles. The molecule has 0 saturated carbocycles. The Morgan fingerprint density at radius 2 is 1.72 bits per heavy atom. The van der Waals surface area contributed by atoms with E-state index in [1.807, 2.05) is 0 Å². The topological polar surface area (TPSA) is 32.3 Å². The van der Waals surface area contributed by atoms with E-state index < -0.39 is 42.4 Å². The molecule has 1 aromatic rings. The fourth-order valence-corrected chi connectivity index (χ4v) is 1.40. The summed E-state index contributed by atoms with van der Waals surface area (Å²) >= 11 is 0. The van der Waals surface area contributed by atoms with Crippen LogP contribution >= 0.6 is 0 Å². The summed E-state index contributed by atoms with van der Waals surface area (Å²) in [5, 5.41) is 11.8. The van der Waals surface area contributed by atoms with Gasteiger partial charge in [-0.25, -0.2) is 8.78 Å². The third-order valence-electron chi connectivity index (χ3n) is 2.26. The van der Waals surface area contributed by atoms with Crippen molar-refractivity contribution < 1.29 is 27.1 Å². The summed E-state index contributed by atoms with van der Waals surface area (Å²) in [6.07, 6.45) is -6.90. The van der Waals surface area contributed by atoms with Crippen LogP contribution in [0, 0.1) is 11.6 Å². The Hall–Kier alpha value is -1.21. The number of rotatable bonds is 5. The van der Waals surface area contributed by atoms with Gasteiger partial charge in [0, 0.05) is 13.1 Å². The van der Waals surface area contributed by atoms with Gasteiger partial charge in [0.25, 0.3) is 0 Å². The monoisotopic (exact) mass is 269 g/mol. The van der Waals surface area contributed by atoms with E-state index in [1.54, 1.807) is 0 Å². The number of aliphatic hydroxyl groups excluding tert-OH is 1. The van der Waals surface area contributed by atoms with Crippen LogP contribution in [-0.2, 0) is 0 Å². The minimum atomic E-state index is -4.30. The summed E-state index contributed by atoms with van der Waals surface area (Å²) in [6.45, 7) is -0.773. The van der Waals surface area contributed by atoms with Gasteiger partial charge in [0.15, 0.2) is 0 Å². The molecule has 0 bridgehead atoms. The summed E-state index contributed by atoms with van der Waals surface area (Å²) < 4.78 is 61.8. The Bertz CT molecular complexity index is 373. The lowest BCUT2D eigenvalue weighted by molar-refractivity contribution is -0.133. The lowest BCUT2D eigenvalue weighted by Gasteiger charge is -2.14. The third-order valence-corrected chi connectivity index (χ3v) is 2.26. The van der Waals surface area contributed by atoms with Gasteiger partial charge in [-0.1, -0.05) is 6.07 Å². The summed E-state index contributed by atoms with van der Waals surface area (Å²) in [5.41, 5.74) is -0.544. The Morgan fingerprint density at radius 1 is 1.17 bits per heavy atom. The van der Waals surface area contributed by atoms with Crippen LogP contribution in [0.3, 0.4) is 0 Å². The zero-order valence-electron chi connectivity index (χ0n) is 9.27. The minimum absolute atomic E-state index is 0.353. The van der Waals surface area contributed by atoms with Crippen molar-refractivity contribution in [3.05, 3.63) is 35.4 Å². The van der Waals surface area contributed by atoms with Crippen molar-refractivity contribution in [3.8, 4) is 0 Å². The molecular formula is C11H12F5NO. The maximum Gasteiger partial charge on any atom is 0.390 e. The highest BCUT2D eigenvalue weighted by Crippen LogP contribution is 2.21. The van der Waals surface area contributed by atoms with E-state index in [2.05, 4.69) is 5.32 Å². The number of alkyl halides is 3. The van der Waals surface area contributed by atoms with E-state index >= 15 is 0 Å². The Morgan fingerprint density at radius 3 is 2.22 bits per heavy atom. The quantitative estimate of drug-likeness (QED) is 0.636. The molecule has 2 N–H and O–H groups in total. The molecule has 0 radical (unpaired) electrons. The molecule has 7 heteroatoms. The van der Waals surface area contributed by atoms with Crippen LogP contribution in [0.1, 0.15) is 18.1 Å². The normalized spacial score (nSPS) is 13.7. The van der Waals surface area contributed by atoms with Crippen molar-refractivity contribution in [2.75, 3.05) is 13.1 Å². The van der Waals surface area contributed by atoms with Gasteiger partial charge in [0.2, 0.25) is 0 Å². The van der Waals surface area contributed by atoms with Crippen molar-refractivity contribution in [1.82, 2.24) is 5.32 Å². The van der Waals surface area contributed by atoms with E-state index in [0.29, 0.717) is 0 Å². The van der Waals surface area contributed by atoms with Crippen molar-refractivity contribution in [2.24, 2.45) is 0 Å². The van der Waals surface area contributed by atoms with Crippen molar-refractivity contribution in [2.45, 2.75) is 18.7 Å². The molecule has 0 saturated heterocycles. The Kier molecular flexibility index (Phi) is 5.03. The minimum Gasteiger partial charge on any atom is -0.387 e. The maximum atomic E-state index is 13.2. The molecule has 0 heterocycles. The van der Waals surface area contributed by atoms with Crippen molar-refractivity contribution in [3.63, 3.8) is 0 Å². The first kappa shape index (κ1) is 14.8. The summed E-state index contributed by atoms with van der Waals surface area (Å²) in [5.74, 6) is -1.86. The zero-order valence-corrected chi connectivity index (χ0v) is 9.27. The van der Waals surface area contributed by atoms with Crippen LogP contribution in [0.2, 0.25) is 0 Å². The summed E-state index contributed by atoms with van der Waals surface area (Å²) in [7, 11) is 0. The average molecular weight is 269 g/mol. The van der Waals surface area contributed by atoms with Crippen LogP contribution in [0.25, 0.3) is 0 Å². The Balaban J connectivity index is 2.48. The number of nitrogens with one attached hydrogen (secondary N) is 1. The number of halogens is 5. The fraction of sp³-hybridized carbons (Fsp3) is 0.455. The molecule has 0 spiro atoms. The Labute approximate surface area is 100 Å². The number of hydrogen-bond acceptors (Lipinski definition) is 2. The first-order valence-corrected chi connectivity index (χ1v) is 5.20. The number of aliphatic hydroxyl groups is 1. The smallest absolute Gasteiger partial charge is 0.387 e. The molecule has 18 heavy (non-hydrogen) atoms. The fourth-order valence-electron chi connectivity index (χ4n) is 1.40. The SMILES string of the molecule is OC(CNCCC(F)(F)F)c1c(F)cccc1F. The van der Waals surface area contributed by atoms with Crippen LogP contribution < -0.4 is 5.32 Å². The molecule has 1 rings (SSSR count). The van der Waals surface area contributed by atoms with Gasteiger partial charge in [-0.05, 0) is 12.1 Å². The van der Waals surface area contributed by atoms with Gasteiger partial charge in [0.1, 0.15) is 11.6 Å². The van der Waals surface area contributed by atoms with E-state index in [0.717, 1.165) is 18.2 Å². The largest absolute Gasteiger partial charge is 0.390 e. The molecule has 2 nitrogen and oxygen atoms in total. The molecule has 0 fully saturated rings. The van der Waals surface area contributed by atoms with E-state index in [-0.39, 0.29) is 6.54 Å². The zero-order chi connectivity index (χ0) is 13.8. The second-order valence-corrected chi connectivity index (χ2v) is 3.72. The molecule has 0 aliphatic heterocycles. The number of hydrogen-bond donors (Lipinski definition) is 2. The molecule has 0 amide bonds. The molecular weight excluding hydrogens is 257 g/mol. The third kappa shape index (κ3) is 4.58. The predicted octanol–water partition coefficient (Wildman–Crippen LogP) is 2.54. The highest BCUT2D eigenvalue weighted by Gasteiger charge is 2.26.